The van der Waals surface area contributed by atoms with Crippen molar-refractivity contribution in [2.75, 3.05) is 5.32 Å². The summed E-state index contributed by atoms with van der Waals surface area (Å²) >= 11 is 5.93. The van der Waals surface area contributed by atoms with Gasteiger partial charge < -0.3 is 10.6 Å². The summed E-state index contributed by atoms with van der Waals surface area (Å²) in [4.78, 5) is 24.6. The highest BCUT2D eigenvalue weighted by Crippen LogP contribution is 2.17. The van der Waals surface area contributed by atoms with E-state index in [-0.39, 0.29) is 24.3 Å². The van der Waals surface area contributed by atoms with Crippen molar-refractivity contribution in [3.63, 3.8) is 0 Å². The Balaban J connectivity index is 2.09. The van der Waals surface area contributed by atoms with E-state index in [0.29, 0.717) is 16.3 Å². The summed E-state index contributed by atoms with van der Waals surface area (Å²) < 4.78 is 0. The van der Waals surface area contributed by atoms with Gasteiger partial charge >= 0.3 is 0 Å². The maximum atomic E-state index is 12.3. The number of carbonyl (C=O) groups excluding carboxylic acids is 2. The summed E-state index contributed by atoms with van der Waals surface area (Å²) in [6.07, 6.45) is 1.04. The molecule has 0 aromatic heterocycles. The third kappa shape index (κ3) is 5.10. The van der Waals surface area contributed by atoms with E-state index < -0.39 is 0 Å². The Morgan fingerprint density at radius 1 is 1.12 bits per heavy atom. The van der Waals surface area contributed by atoms with Gasteiger partial charge in [0.15, 0.2) is 0 Å². The molecule has 2 aromatic rings. The first-order valence-corrected chi connectivity index (χ1v) is 8.31. The molecule has 4 nitrogen and oxygen atoms in total. The maximum Gasteiger partial charge on any atom is 0.253 e. The van der Waals surface area contributed by atoms with Gasteiger partial charge in [-0.2, -0.15) is 0 Å². The lowest BCUT2D eigenvalue weighted by molar-refractivity contribution is -0.115. The van der Waals surface area contributed by atoms with Crippen molar-refractivity contribution >= 4 is 29.1 Å². The molecule has 2 N–H and O–H groups in total. The molecule has 126 valence electrons. The molecule has 2 aromatic carbocycles. The zero-order valence-electron chi connectivity index (χ0n) is 13.8. The number of carbonyl (C=O) groups is 2. The quantitative estimate of drug-likeness (QED) is 0.830. The first-order valence-electron chi connectivity index (χ1n) is 7.93. The average molecular weight is 345 g/mol. The van der Waals surface area contributed by atoms with Crippen LogP contribution in [0, 0.1) is 0 Å². The van der Waals surface area contributed by atoms with E-state index >= 15 is 0 Å². The van der Waals surface area contributed by atoms with Crippen molar-refractivity contribution in [1.29, 1.82) is 0 Å². The van der Waals surface area contributed by atoms with Gasteiger partial charge in [0, 0.05) is 11.1 Å². The fraction of sp³-hybridized carbons (Fsp3) is 0.263. The smallest absolute Gasteiger partial charge is 0.253 e. The molecule has 0 aliphatic carbocycles. The minimum atomic E-state index is -0.193. The lowest BCUT2D eigenvalue weighted by Gasteiger charge is -2.14. The molecule has 0 saturated carbocycles. The van der Waals surface area contributed by atoms with Gasteiger partial charge in [0.25, 0.3) is 5.91 Å². The van der Waals surface area contributed by atoms with E-state index in [2.05, 4.69) is 10.6 Å². The fourth-order valence-corrected chi connectivity index (χ4v) is 2.43. The van der Waals surface area contributed by atoms with Gasteiger partial charge in [-0.1, -0.05) is 42.8 Å². The topological polar surface area (TPSA) is 58.2 Å². The van der Waals surface area contributed by atoms with Crippen LogP contribution in [0.15, 0.2) is 48.5 Å². The number of halogens is 1. The van der Waals surface area contributed by atoms with Gasteiger partial charge in [0.1, 0.15) is 0 Å². The molecule has 5 heteroatoms. The fourth-order valence-electron chi connectivity index (χ4n) is 2.22. The highest BCUT2D eigenvalue weighted by atomic mass is 35.5. The van der Waals surface area contributed by atoms with Crippen molar-refractivity contribution in [3.05, 3.63) is 64.7 Å². The number of amides is 2. The summed E-state index contributed by atoms with van der Waals surface area (Å²) in [7, 11) is 0. The lowest BCUT2D eigenvalue weighted by atomic mass is 10.1. The standard InChI is InChI=1S/C19H21ClN2O2/c1-3-13(2)21-19(24)16-9-4-5-10-17(16)22-18(23)12-14-7-6-8-15(20)11-14/h4-11,13H,3,12H2,1-2H3,(H,21,24)(H,22,23)/t13-/m0/s1. The average Bonchev–Trinajstić information content (AvgIpc) is 2.55. The van der Waals surface area contributed by atoms with Crippen LogP contribution < -0.4 is 10.6 Å². The molecule has 24 heavy (non-hydrogen) atoms. The zero-order chi connectivity index (χ0) is 17.5. The van der Waals surface area contributed by atoms with Crippen LogP contribution in [0.1, 0.15) is 36.2 Å². The number of para-hydroxylation sites is 1. The van der Waals surface area contributed by atoms with Crippen LogP contribution in [-0.2, 0) is 11.2 Å². The molecule has 2 rings (SSSR count). The molecule has 0 unspecified atom stereocenters. The van der Waals surface area contributed by atoms with Crippen LogP contribution in [0.5, 0.6) is 0 Å². The van der Waals surface area contributed by atoms with E-state index in [0.717, 1.165) is 12.0 Å². The first-order chi connectivity index (χ1) is 11.5. The Hall–Kier alpha value is -2.33. The molecule has 1 atom stereocenters. The summed E-state index contributed by atoms with van der Waals surface area (Å²) in [6.45, 7) is 3.95. The predicted octanol–water partition coefficient (Wildman–Crippen LogP) is 4.05. The van der Waals surface area contributed by atoms with Crippen LogP contribution in [0.3, 0.4) is 0 Å². The van der Waals surface area contributed by atoms with Crippen LogP contribution >= 0.6 is 11.6 Å². The Morgan fingerprint density at radius 3 is 2.58 bits per heavy atom. The van der Waals surface area contributed by atoms with E-state index in [1.165, 1.54) is 0 Å². The molecule has 0 heterocycles. The molecular formula is C19H21ClN2O2. The van der Waals surface area contributed by atoms with Crippen molar-refractivity contribution in [1.82, 2.24) is 5.32 Å². The highest BCUT2D eigenvalue weighted by Gasteiger charge is 2.14. The number of benzene rings is 2. The SMILES string of the molecule is CC[C@H](C)NC(=O)c1ccccc1NC(=O)Cc1cccc(Cl)c1. The van der Waals surface area contributed by atoms with E-state index in [1.54, 1.807) is 42.5 Å². The van der Waals surface area contributed by atoms with Gasteiger partial charge in [-0.05, 0) is 43.2 Å². The van der Waals surface area contributed by atoms with Crippen LogP contribution in [-0.4, -0.2) is 17.9 Å². The second kappa shape index (κ2) is 8.50. The van der Waals surface area contributed by atoms with Crippen molar-refractivity contribution in [3.8, 4) is 0 Å². The third-order valence-electron chi connectivity index (χ3n) is 3.69. The first kappa shape index (κ1) is 18.0. The summed E-state index contributed by atoms with van der Waals surface area (Å²) in [5.41, 5.74) is 1.78. The molecule has 0 bridgehead atoms. The molecule has 0 aliphatic heterocycles. The highest BCUT2D eigenvalue weighted by molar-refractivity contribution is 6.30. The van der Waals surface area contributed by atoms with Gasteiger partial charge in [-0.3, -0.25) is 9.59 Å². The Labute approximate surface area is 147 Å². The molecule has 0 spiro atoms. The van der Waals surface area contributed by atoms with Crippen molar-refractivity contribution < 1.29 is 9.59 Å². The number of rotatable bonds is 6. The largest absolute Gasteiger partial charge is 0.350 e. The predicted molar refractivity (Wildman–Crippen MR) is 97.4 cm³/mol. The Kier molecular flexibility index (Phi) is 6.38. The Morgan fingerprint density at radius 2 is 1.88 bits per heavy atom. The third-order valence-corrected chi connectivity index (χ3v) is 3.92. The van der Waals surface area contributed by atoms with E-state index in [1.807, 2.05) is 19.9 Å². The normalized spacial score (nSPS) is 11.6. The van der Waals surface area contributed by atoms with Gasteiger partial charge in [-0.25, -0.2) is 0 Å². The van der Waals surface area contributed by atoms with Crippen molar-refractivity contribution in [2.24, 2.45) is 0 Å². The Bertz CT molecular complexity index is 731. The lowest BCUT2D eigenvalue weighted by Crippen LogP contribution is -2.32. The van der Waals surface area contributed by atoms with Crippen LogP contribution in [0.4, 0.5) is 5.69 Å². The number of anilines is 1. The minimum absolute atomic E-state index is 0.0766. The molecule has 0 radical (unpaired) electrons. The second-order valence-corrected chi connectivity index (χ2v) is 6.12. The zero-order valence-corrected chi connectivity index (χ0v) is 14.6. The number of hydrogen-bond acceptors (Lipinski definition) is 2. The maximum absolute atomic E-state index is 12.3. The monoisotopic (exact) mass is 344 g/mol. The summed E-state index contributed by atoms with van der Waals surface area (Å²) in [5.74, 6) is -0.385. The van der Waals surface area contributed by atoms with Gasteiger partial charge in [-0.15, -0.1) is 0 Å². The molecule has 0 fully saturated rings. The minimum Gasteiger partial charge on any atom is -0.350 e. The van der Waals surface area contributed by atoms with Crippen LogP contribution in [0.25, 0.3) is 0 Å². The second-order valence-electron chi connectivity index (χ2n) is 5.68. The van der Waals surface area contributed by atoms with Crippen molar-refractivity contribution in [2.45, 2.75) is 32.7 Å². The number of hydrogen-bond donors (Lipinski definition) is 2. The number of nitrogens with one attached hydrogen (secondary N) is 2. The van der Waals surface area contributed by atoms with Crippen LogP contribution in [0.2, 0.25) is 5.02 Å². The molecule has 0 saturated heterocycles. The van der Waals surface area contributed by atoms with Gasteiger partial charge in [0.05, 0.1) is 17.7 Å². The molecule has 0 aliphatic rings. The molecule has 2 amide bonds. The van der Waals surface area contributed by atoms with Gasteiger partial charge in [0.2, 0.25) is 5.91 Å². The molecular weight excluding hydrogens is 324 g/mol. The van der Waals surface area contributed by atoms with E-state index in [9.17, 15) is 9.59 Å². The van der Waals surface area contributed by atoms with E-state index in [4.69, 9.17) is 11.6 Å². The summed E-state index contributed by atoms with van der Waals surface area (Å²) in [6, 6.07) is 14.2. The summed E-state index contributed by atoms with van der Waals surface area (Å²) in [5, 5.41) is 6.31.